The highest BCUT2D eigenvalue weighted by molar-refractivity contribution is 7.60. The average Bonchev–Trinajstić information content (AvgIpc) is 3.31. The normalized spacial score (nSPS) is 26.4. The summed E-state index contributed by atoms with van der Waals surface area (Å²) >= 11 is 0. The second kappa shape index (κ2) is 16.8. The van der Waals surface area contributed by atoms with Crippen LogP contribution < -0.4 is 0 Å². The monoisotopic (exact) mass is 689 g/mol. The third-order valence-electron chi connectivity index (χ3n) is 10.8. The van der Waals surface area contributed by atoms with Gasteiger partial charge in [0.25, 0.3) is 0 Å². The molecule has 266 valence electrons. The van der Waals surface area contributed by atoms with E-state index in [2.05, 4.69) is 13.2 Å². The highest BCUT2D eigenvalue weighted by atomic mass is 31.2. The van der Waals surface area contributed by atoms with E-state index in [1.807, 2.05) is 19.9 Å². The molecule has 1 amide bonds. The summed E-state index contributed by atoms with van der Waals surface area (Å²) in [5.41, 5.74) is -0.323. The molecule has 1 unspecified atom stereocenters. The molecule has 3 fully saturated rings. The molecule has 1 aromatic carbocycles. The Balaban J connectivity index is 1.57. The standard InChI is InChI=1S/C38H54F2NO6P/c1-6-9-10-11-15-27(5)30(21-36(43)47-29-16-12-13-17-29)37(44)41-24-26(4)20-34(41)35(42)23-38(22-28(38)7-2)48(45,46-8-3)25-31-32(39)18-14-19-33(31)40/h6-7,14,18-19,26-30,34H,1-2,8-13,15-17,20-25H2,3-5H3/t26-,27+,28+,30-,34-,38+,48?/m0/s1. The van der Waals surface area contributed by atoms with E-state index in [9.17, 15) is 27.7 Å². The lowest BCUT2D eigenvalue weighted by molar-refractivity contribution is -0.155. The van der Waals surface area contributed by atoms with Crippen molar-refractivity contribution in [2.45, 2.75) is 121 Å². The first-order valence-corrected chi connectivity index (χ1v) is 19.6. The number of carbonyl (C=O) groups excluding carboxylic acids is 3. The number of amides is 1. The lowest BCUT2D eigenvalue weighted by Crippen LogP contribution is -2.46. The Morgan fingerprint density at radius 1 is 1.15 bits per heavy atom. The fourth-order valence-electron chi connectivity index (χ4n) is 7.91. The number of ketones is 1. The molecule has 2 saturated carbocycles. The maximum absolute atomic E-state index is 14.8. The number of carbonyl (C=O) groups is 3. The van der Waals surface area contributed by atoms with Crippen molar-refractivity contribution in [3.63, 3.8) is 0 Å². The summed E-state index contributed by atoms with van der Waals surface area (Å²) in [5.74, 6) is -3.55. The minimum Gasteiger partial charge on any atom is -0.462 e. The van der Waals surface area contributed by atoms with E-state index >= 15 is 0 Å². The molecule has 1 aromatic rings. The van der Waals surface area contributed by atoms with Gasteiger partial charge >= 0.3 is 5.97 Å². The van der Waals surface area contributed by atoms with Crippen molar-refractivity contribution >= 4 is 25.0 Å². The molecular formula is C38H54F2NO6P. The lowest BCUT2D eigenvalue weighted by atomic mass is 9.85. The van der Waals surface area contributed by atoms with Crippen LogP contribution in [0, 0.1) is 35.3 Å². The number of esters is 1. The van der Waals surface area contributed by atoms with Gasteiger partial charge in [0.2, 0.25) is 13.3 Å². The Morgan fingerprint density at radius 3 is 2.44 bits per heavy atom. The number of unbranched alkanes of at least 4 members (excludes halogenated alkanes) is 2. The lowest BCUT2D eigenvalue weighted by Gasteiger charge is -2.33. The first kappa shape index (κ1) is 38.2. The highest BCUT2D eigenvalue weighted by Gasteiger charge is 2.66. The van der Waals surface area contributed by atoms with Gasteiger partial charge in [0, 0.05) is 18.5 Å². The zero-order valence-corrected chi connectivity index (χ0v) is 29.9. The molecule has 1 heterocycles. The quantitative estimate of drug-likeness (QED) is 0.0625. The predicted octanol–water partition coefficient (Wildman–Crippen LogP) is 8.79. The average molecular weight is 690 g/mol. The molecule has 1 saturated heterocycles. The Labute approximate surface area is 285 Å². The molecule has 1 aliphatic heterocycles. The number of allylic oxidation sites excluding steroid dienone is 2. The van der Waals surface area contributed by atoms with Gasteiger partial charge in [-0.3, -0.25) is 18.9 Å². The molecule has 7 nitrogen and oxygen atoms in total. The summed E-state index contributed by atoms with van der Waals surface area (Å²) in [5, 5.41) is -1.17. The molecule has 7 atom stereocenters. The van der Waals surface area contributed by atoms with Gasteiger partial charge in [-0.15, -0.1) is 13.2 Å². The smallest absolute Gasteiger partial charge is 0.306 e. The van der Waals surface area contributed by atoms with Gasteiger partial charge in [0.15, 0.2) is 5.78 Å². The predicted molar refractivity (Wildman–Crippen MR) is 184 cm³/mol. The van der Waals surface area contributed by atoms with E-state index < -0.39 is 42.3 Å². The van der Waals surface area contributed by atoms with Crippen molar-refractivity contribution in [2.24, 2.45) is 23.7 Å². The Morgan fingerprint density at radius 2 is 1.83 bits per heavy atom. The van der Waals surface area contributed by atoms with Crippen molar-refractivity contribution in [1.29, 1.82) is 0 Å². The zero-order chi connectivity index (χ0) is 35.1. The fourth-order valence-corrected chi connectivity index (χ4v) is 11.2. The summed E-state index contributed by atoms with van der Waals surface area (Å²) in [6.07, 6.45) is 10.7. The van der Waals surface area contributed by atoms with Crippen LogP contribution in [0.25, 0.3) is 0 Å². The van der Waals surface area contributed by atoms with Crippen molar-refractivity contribution in [1.82, 2.24) is 4.90 Å². The van der Waals surface area contributed by atoms with Crippen LogP contribution >= 0.6 is 7.37 Å². The van der Waals surface area contributed by atoms with E-state index in [0.717, 1.165) is 63.5 Å². The van der Waals surface area contributed by atoms with E-state index in [1.165, 1.54) is 6.07 Å². The van der Waals surface area contributed by atoms with Crippen molar-refractivity contribution in [3.05, 3.63) is 60.7 Å². The topological polar surface area (TPSA) is 90.0 Å². The first-order chi connectivity index (χ1) is 22.9. The number of benzene rings is 1. The van der Waals surface area contributed by atoms with Crippen LogP contribution in [0.5, 0.6) is 0 Å². The SMILES string of the molecule is C=CCCCC[C@@H](C)[C@H](CC(=O)OC1CCCC1)C(=O)N1C[C@@H](C)C[C@H]1C(=O)C[C@]1(P(=O)(Cc2c(F)cccc2F)OCC)C[C@H]1C=C. The molecule has 2 aliphatic carbocycles. The van der Waals surface area contributed by atoms with E-state index in [0.29, 0.717) is 19.4 Å². The number of ether oxygens (including phenoxy) is 1. The third kappa shape index (κ3) is 8.74. The number of hydrogen-bond acceptors (Lipinski definition) is 6. The van der Waals surface area contributed by atoms with Crippen molar-refractivity contribution in [3.8, 4) is 0 Å². The van der Waals surface area contributed by atoms with Crippen LogP contribution in [0.2, 0.25) is 0 Å². The van der Waals surface area contributed by atoms with Crippen LogP contribution in [-0.2, 0) is 34.4 Å². The number of halogens is 2. The molecule has 3 aliphatic rings. The second-order valence-electron chi connectivity index (χ2n) is 14.3. The third-order valence-corrected chi connectivity index (χ3v) is 14.2. The van der Waals surface area contributed by atoms with Gasteiger partial charge in [0.05, 0.1) is 36.3 Å². The molecule has 10 heteroatoms. The molecule has 0 N–H and O–H groups in total. The number of Topliss-reactive ketones (excluding diaryl/α,β-unsaturated/α-hetero) is 1. The van der Waals surface area contributed by atoms with Crippen molar-refractivity contribution in [2.75, 3.05) is 13.2 Å². The van der Waals surface area contributed by atoms with Gasteiger partial charge in [0.1, 0.15) is 17.7 Å². The first-order valence-electron chi connectivity index (χ1n) is 17.8. The van der Waals surface area contributed by atoms with E-state index in [4.69, 9.17) is 9.26 Å². The zero-order valence-electron chi connectivity index (χ0n) is 29.0. The maximum atomic E-state index is 14.8. The Bertz CT molecular complexity index is 1360. The molecule has 0 spiro atoms. The molecule has 4 rings (SSSR count). The molecule has 0 radical (unpaired) electrons. The summed E-state index contributed by atoms with van der Waals surface area (Å²) in [4.78, 5) is 43.5. The van der Waals surface area contributed by atoms with Gasteiger partial charge in [-0.25, -0.2) is 8.78 Å². The number of hydrogen-bond donors (Lipinski definition) is 0. The van der Waals surface area contributed by atoms with Gasteiger partial charge < -0.3 is 14.2 Å². The Kier molecular flexibility index (Phi) is 13.4. The van der Waals surface area contributed by atoms with E-state index in [-0.39, 0.29) is 66.5 Å². The van der Waals surface area contributed by atoms with E-state index in [1.54, 1.807) is 17.9 Å². The van der Waals surface area contributed by atoms with Gasteiger partial charge in [-0.2, -0.15) is 0 Å². The summed E-state index contributed by atoms with van der Waals surface area (Å²) < 4.78 is 55.9. The number of nitrogens with zero attached hydrogens (tertiary/aromatic N) is 1. The minimum absolute atomic E-state index is 0.0356. The van der Waals surface area contributed by atoms with Crippen LogP contribution in [-0.4, -0.2) is 53.0 Å². The summed E-state index contributed by atoms with van der Waals surface area (Å²) in [6.45, 7) is 13.7. The van der Waals surface area contributed by atoms with Gasteiger partial charge in [-0.1, -0.05) is 38.5 Å². The molecule has 0 bridgehead atoms. The van der Waals surface area contributed by atoms with Crippen LogP contribution in [0.4, 0.5) is 8.78 Å². The summed E-state index contributed by atoms with van der Waals surface area (Å²) in [6, 6.07) is 2.72. The van der Waals surface area contributed by atoms with Crippen molar-refractivity contribution < 1.29 is 37.0 Å². The van der Waals surface area contributed by atoms with Crippen LogP contribution in [0.15, 0.2) is 43.5 Å². The Hall–Kier alpha value is -2.64. The molecule has 48 heavy (non-hydrogen) atoms. The fraction of sp³-hybridized carbons (Fsp3) is 0.658. The second-order valence-corrected chi connectivity index (χ2v) is 17.2. The number of rotatable bonds is 19. The minimum atomic E-state index is -3.84. The molecule has 0 aromatic heterocycles. The number of likely N-dealkylation sites (tertiary alicyclic amines) is 1. The molecular weight excluding hydrogens is 635 g/mol. The van der Waals surface area contributed by atoms with Gasteiger partial charge in [-0.05, 0) is 94.6 Å². The van der Waals surface area contributed by atoms with Crippen LogP contribution in [0.3, 0.4) is 0 Å². The van der Waals surface area contributed by atoms with Crippen LogP contribution in [0.1, 0.15) is 103 Å². The largest absolute Gasteiger partial charge is 0.462 e. The highest BCUT2D eigenvalue weighted by Crippen LogP contribution is 2.76. The maximum Gasteiger partial charge on any atom is 0.306 e. The summed E-state index contributed by atoms with van der Waals surface area (Å²) in [7, 11) is -3.84.